The van der Waals surface area contributed by atoms with Gasteiger partial charge in [-0.15, -0.1) is 0 Å². The Kier molecular flexibility index (Phi) is 8.44. The smallest absolute Gasteiger partial charge is 0.300 e. The lowest BCUT2D eigenvalue weighted by atomic mass is 9.93. The van der Waals surface area contributed by atoms with Gasteiger partial charge in [-0.3, -0.25) is 14.5 Å². The molecule has 0 radical (unpaired) electrons. The van der Waals surface area contributed by atoms with Crippen LogP contribution in [0.3, 0.4) is 0 Å². The molecule has 3 aromatic carbocycles. The van der Waals surface area contributed by atoms with E-state index in [0.29, 0.717) is 17.0 Å². The summed E-state index contributed by atoms with van der Waals surface area (Å²) < 4.78 is 5.51. The Morgan fingerprint density at radius 2 is 1.59 bits per heavy atom. The number of ether oxygens (including phenoxy) is 1. The third kappa shape index (κ3) is 5.29. The number of nitrogens with zero attached hydrogens (tertiary/aromatic N) is 2. The van der Waals surface area contributed by atoms with Crippen LogP contribution in [-0.4, -0.2) is 37.0 Å². The molecular formula is C33H38N2O4. The average Bonchev–Trinajstić information content (AvgIpc) is 3.23. The second-order valence-electron chi connectivity index (χ2n) is 10.1. The lowest BCUT2D eigenvalue weighted by molar-refractivity contribution is -0.132. The number of aliphatic hydroxyl groups is 1. The molecule has 3 aromatic rings. The number of aliphatic hydroxyl groups excluding tert-OH is 1. The molecule has 1 unspecified atom stereocenters. The fourth-order valence-electron chi connectivity index (χ4n) is 5.25. The van der Waals surface area contributed by atoms with E-state index in [2.05, 4.69) is 25.7 Å². The monoisotopic (exact) mass is 526 g/mol. The predicted octanol–water partition coefficient (Wildman–Crippen LogP) is 6.85. The first-order chi connectivity index (χ1) is 18.7. The molecule has 204 valence electrons. The third-order valence-corrected chi connectivity index (χ3v) is 7.53. The highest BCUT2D eigenvalue weighted by atomic mass is 16.5. The molecule has 1 aliphatic heterocycles. The van der Waals surface area contributed by atoms with Gasteiger partial charge in [-0.25, -0.2) is 0 Å². The maximum Gasteiger partial charge on any atom is 0.300 e. The molecule has 1 heterocycles. The van der Waals surface area contributed by atoms with Crippen LogP contribution in [-0.2, 0) is 16.0 Å². The number of hydrogen-bond acceptors (Lipinski definition) is 5. The molecule has 4 rings (SSSR count). The van der Waals surface area contributed by atoms with Crippen molar-refractivity contribution in [2.75, 3.05) is 30.0 Å². The summed E-state index contributed by atoms with van der Waals surface area (Å²) in [6, 6.07) is 20.1. The molecule has 0 spiro atoms. The van der Waals surface area contributed by atoms with Crippen LogP contribution >= 0.6 is 0 Å². The van der Waals surface area contributed by atoms with Crippen molar-refractivity contribution in [1.82, 2.24) is 0 Å². The number of amides is 1. The minimum atomic E-state index is -0.771. The van der Waals surface area contributed by atoms with Gasteiger partial charge in [0, 0.05) is 30.0 Å². The summed E-state index contributed by atoms with van der Waals surface area (Å²) in [6.45, 7) is 12.1. The summed E-state index contributed by atoms with van der Waals surface area (Å²) in [5.41, 5.74) is 5.02. The highest BCUT2D eigenvalue weighted by Gasteiger charge is 2.47. The molecule has 1 aliphatic rings. The molecular weight excluding hydrogens is 488 g/mol. The number of anilines is 2. The third-order valence-electron chi connectivity index (χ3n) is 7.53. The Labute approximate surface area is 231 Å². The molecule has 1 saturated heterocycles. The van der Waals surface area contributed by atoms with E-state index >= 15 is 0 Å². The number of ketones is 1. The summed E-state index contributed by atoms with van der Waals surface area (Å²) in [5.74, 6) is -0.705. The minimum absolute atomic E-state index is 0.0787. The van der Waals surface area contributed by atoms with Gasteiger partial charge in [0.15, 0.2) is 0 Å². The number of carbonyl (C=O) groups excluding carboxylic acids is 2. The summed E-state index contributed by atoms with van der Waals surface area (Å²) in [5, 5.41) is 11.6. The number of Topliss-reactive ketones (excluding diaryl/α,β-unsaturated/α-hetero) is 1. The summed E-state index contributed by atoms with van der Waals surface area (Å²) in [4.78, 5) is 30.9. The first kappa shape index (κ1) is 28.0. The van der Waals surface area contributed by atoms with Crippen molar-refractivity contribution >= 4 is 28.8 Å². The van der Waals surface area contributed by atoms with E-state index in [1.165, 1.54) is 4.90 Å². The molecule has 0 aliphatic carbocycles. The van der Waals surface area contributed by atoms with Crippen LogP contribution in [0.5, 0.6) is 5.75 Å². The predicted molar refractivity (Wildman–Crippen MR) is 158 cm³/mol. The maximum atomic E-state index is 13.6. The van der Waals surface area contributed by atoms with Crippen molar-refractivity contribution in [1.29, 1.82) is 0 Å². The highest BCUT2D eigenvalue weighted by Crippen LogP contribution is 2.43. The minimum Gasteiger partial charge on any atom is -0.507 e. The van der Waals surface area contributed by atoms with Gasteiger partial charge in [0.25, 0.3) is 11.7 Å². The van der Waals surface area contributed by atoms with Crippen molar-refractivity contribution < 1.29 is 19.4 Å². The van der Waals surface area contributed by atoms with Gasteiger partial charge in [0.1, 0.15) is 11.5 Å². The fourth-order valence-corrected chi connectivity index (χ4v) is 5.25. The molecule has 1 amide bonds. The van der Waals surface area contributed by atoms with E-state index in [1.54, 1.807) is 19.2 Å². The SMILES string of the molecule is CCc1ccc(N2C(=O)C(=O)/C(=C(\O)c3ccc(OC)c(C(C)C)c3)C2c2ccc(N(CC)CC)cc2)cc1. The van der Waals surface area contributed by atoms with E-state index in [4.69, 9.17) is 4.74 Å². The zero-order valence-corrected chi connectivity index (χ0v) is 23.7. The average molecular weight is 527 g/mol. The Morgan fingerprint density at radius 3 is 2.13 bits per heavy atom. The molecule has 39 heavy (non-hydrogen) atoms. The number of carbonyl (C=O) groups is 2. The second-order valence-corrected chi connectivity index (χ2v) is 10.1. The van der Waals surface area contributed by atoms with Crippen LogP contribution in [0.1, 0.15) is 68.8 Å². The summed E-state index contributed by atoms with van der Waals surface area (Å²) in [6.07, 6.45) is 0.866. The summed E-state index contributed by atoms with van der Waals surface area (Å²) >= 11 is 0. The van der Waals surface area contributed by atoms with Crippen LogP contribution in [0.15, 0.2) is 72.3 Å². The second kappa shape index (κ2) is 11.8. The lowest BCUT2D eigenvalue weighted by Gasteiger charge is -2.27. The van der Waals surface area contributed by atoms with Crippen molar-refractivity contribution in [3.63, 3.8) is 0 Å². The Bertz CT molecular complexity index is 1370. The van der Waals surface area contributed by atoms with Crippen molar-refractivity contribution in [3.05, 3.63) is 94.6 Å². The molecule has 1 N–H and O–H groups in total. The van der Waals surface area contributed by atoms with Crippen LogP contribution in [0.4, 0.5) is 11.4 Å². The number of aryl methyl sites for hydroxylation is 1. The van der Waals surface area contributed by atoms with Gasteiger partial charge in [-0.2, -0.15) is 0 Å². The van der Waals surface area contributed by atoms with Gasteiger partial charge < -0.3 is 14.7 Å². The first-order valence-corrected chi connectivity index (χ1v) is 13.7. The van der Waals surface area contributed by atoms with Gasteiger partial charge in [0.05, 0.1) is 18.7 Å². The lowest BCUT2D eigenvalue weighted by Crippen LogP contribution is -2.29. The molecule has 1 atom stereocenters. The van der Waals surface area contributed by atoms with E-state index in [-0.39, 0.29) is 17.3 Å². The van der Waals surface area contributed by atoms with E-state index in [0.717, 1.165) is 41.9 Å². The van der Waals surface area contributed by atoms with Crippen molar-refractivity contribution in [3.8, 4) is 5.75 Å². The molecule has 0 aromatic heterocycles. The van der Waals surface area contributed by atoms with Crippen LogP contribution in [0, 0.1) is 0 Å². The van der Waals surface area contributed by atoms with E-state index in [9.17, 15) is 14.7 Å². The number of methoxy groups -OCH3 is 1. The molecule has 0 bridgehead atoms. The van der Waals surface area contributed by atoms with Crippen LogP contribution in [0.25, 0.3) is 5.76 Å². The number of hydrogen-bond donors (Lipinski definition) is 1. The van der Waals surface area contributed by atoms with Gasteiger partial charge in [-0.1, -0.05) is 45.0 Å². The zero-order valence-electron chi connectivity index (χ0n) is 23.7. The standard InChI is InChI=1S/C33H38N2O4/c1-7-22-10-15-26(16-11-22)35-30(23-12-17-25(18-13-23)34(8-2)9-3)29(32(37)33(35)38)31(36)24-14-19-28(39-6)27(20-24)21(4)5/h10-21,30,36H,7-9H2,1-6H3/b31-29-. The van der Waals surface area contributed by atoms with Crippen molar-refractivity contribution in [2.45, 2.75) is 53.0 Å². The van der Waals surface area contributed by atoms with Gasteiger partial charge in [0.2, 0.25) is 0 Å². The highest BCUT2D eigenvalue weighted by molar-refractivity contribution is 6.51. The summed E-state index contributed by atoms with van der Waals surface area (Å²) in [7, 11) is 1.61. The Hall–Kier alpha value is -4.06. The maximum absolute atomic E-state index is 13.6. The molecule has 0 saturated carbocycles. The van der Waals surface area contributed by atoms with Crippen LogP contribution < -0.4 is 14.5 Å². The molecule has 6 nitrogen and oxygen atoms in total. The normalized spacial score (nSPS) is 16.7. The van der Waals surface area contributed by atoms with E-state index < -0.39 is 17.7 Å². The number of benzene rings is 3. The van der Waals surface area contributed by atoms with E-state index in [1.807, 2.05) is 68.4 Å². The number of rotatable bonds is 9. The van der Waals surface area contributed by atoms with Gasteiger partial charge >= 0.3 is 0 Å². The van der Waals surface area contributed by atoms with Crippen LogP contribution in [0.2, 0.25) is 0 Å². The largest absolute Gasteiger partial charge is 0.507 e. The fraction of sp³-hybridized carbons (Fsp3) is 0.333. The van der Waals surface area contributed by atoms with Crippen molar-refractivity contribution in [2.24, 2.45) is 0 Å². The topological polar surface area (TPSA) is 70.1 Å². The Morgan fingerprint density at radius 1 is 0.949 bits per heavy atom. The zero-order chi connectivity index (χ0) is 28.3. The molecule has 1 fully saturated rings. The molecule has 6 heteroatoms. The van der Waals surface area contributed by atoms with Gasteiger partial charge in [-0.05, 0) is 85.3 Å². The first-order valence-electron chi connectivity index (χ1n) is 13.7. The Balaban J connectivity index is 1.91. The quantitative estimate of drug-likeness (QED) is 0.188.